The molecule has 0 saturated heterocycles. The zero-order valence-corrected chi connectivity index (χ0v) is 13.3. The molecule has 0 bridgehead atoms. The maximum Gasteiger partial charge on any atom is 0.315 e. The van der Waals surface area contributed by atoms with Crippen LogP contribution in [0.4, 0.5) is 9.18 Å². The number of rotatable bonds is 7. The first-order chi connectivity index (χ1) is 10.4. The first-order valence-corrected chi connectivity index (χ1v) is 7.48. The van der Waals surface area contributed by atoms with Gasteiger partial charge in [0.1, 0.15) is 5.82 Å². The van der Waals surface area contributed by atoms with Gasteiger partial charge >= 0.3 is 6.03 Å². The average Bonchev–Trinajstić information content (AvgIpc) is 2.47. The molecule has 0 heterocycles. The van der Waals surface area contributed by atoms with Gasteiger partial charge in [0.2, 0.25) is 0 Å². The Kier molecular flexibility index (Phi) is 7.36. The standard InChI is InChI=1S/C16H24FN3O2/c1-11(2)12(3)20-16(22)19-10-4-9-18-15(21)13-5-7-14(17)8-6-13/h5-8,11-12H,4,9-10H2,1-3H3,(H,18,21)(H2,19,20,22). The van der Waals surface area contributed by atoms with Gasteiger partial charge in [-0.25, -0.2) is 9.18 Å². The van der Waals surface area contributed by atoms with E-state index in [-0.39, 0.29) is 23.8 Å². The van der Waals surface area contributed by atoms with Crippen LogP contribution >= 0.6 is 0 Å². The van der Waals surface area contributed by atoms with Crippen molar-refractivity contribution in [2.45, 2.75) is 33.2 Å². The van der Waals surface area contributed by atoms with Gasteiger partial charge in [-0.05, 0) is 43.5 Å². The maximum absolute atomic E-state index is 12.7. The Morgan fingerprint density at radius 1 is 1.05 bits per heavy atom. The Balaban J connectivity index is 2.16. The lowest BCUT2D eigenvalue weighted by molar-refractivity contribution is 0.0953. The summed E-state index contributed by atoms with van der Waals surface area (Å²) >= 11 is 0. The lowest BCUT2D eigenvalue weighted by Gasteiger charge is -2.17. The molecular formula is C16H24FN3O2. The number of urea groups is 1. The monoisotopic (exact) mass is 309 g/mol. The Bertz CT molecular complexity index is 489. The lowest BCUT2D eigenvalue weighted by Crippen LogP contribution is -2.43. The van der Waals surface area contributed by atoms with Crippen molar-refractivity contribution in [2.75, 3.05) is 13.1 Å². The third-order valence-corrected chi connectivity index (χ3v) is 3.39. The quantitative estimate of drug-likeness (QED) is 0.676. The van der Waals surface area contributed by atoms with Crippen LogP contribution in [-0.4, -0.2) is 31.1 Å². The van der Waals surface area contributed by atoms with Gasteiger partial charge in [-0.1, -0.05) is 13.8 Å². The second kappa shape index (κ2) is 9.02. The van der Waals surface area contributed by atoms with E-state index in [2.05, 4.69) is 16.0 Å². The molecule has 0 aliphatic carbocycles. The molecule has 5 nitrogen and oxygen atoms in total. The van der Waals surface area contributed by atoms with Crippen LogP contribution < -0.4 is 16.0 Å². The van der Waals surface area contributed by atoms with E-state index in [1.165, 1.54) is 24.3 Å². The van der Waals surface area contributed by atoms with E-state index in [9.17, 15) is 14.0 Å². The highest BCUT2D eigenvalue weighted by atomic mass is 19.1. The van der Waals surface area contributed by atoms with Crippen molar-refractivity contribution in [1.29, 1.82) is 0 Å². The minimum absolute atomic E-state index is 0.109. The number of benzene rings is 1. The first-order valence-electron chi connectivity index (χ1n) is 7.48. The molecule has 1 rings (SSSR count). The fraction of sp³-hybridized carbons (Fsp3) is 0.500. The Hall–Kier alpha value is -2.11. The van der Waals surface area contributed by atoms with Crippen LogP contribution in [0.25, 0.3) is 0 Å². The minimum Gasteiger partial charge on any atom is -0.352 e. The fourth-order valence-corrected chi connectivity index (χ4v) is 1.62. The van der Waals surface area contributed by atoms with Gasteiger partial charge in [0.05, 0.1) is 0 Å². The molecule has 0 aliphatic rings. The zero-order valence-electron chi connectivity index (χ0n) is 13.3. The van der Waals surface area contributed by atoms with Gasteiger partial charge in [0.25, 0.3) is 5.91 Å². The Morgan fingerprint density at radius 3 is 2.23 bits per heavy atom. The molecule has 1 atom stereocenters. The Labute approximate surface area is 130 Å². The van der Waals surface area contributed by atoms with Crippen molar-refractivity contribution < 1.29 is 14.0 Å². The van der Waals surface area contributed by atoms with Crippen LogP contribution in [0.15, 0.2) is 24.3 Å². The number of carbonyl (C=O) groups excluding carboxylic acids is 2. The summed E-state index contributed by atoms with van der Waals surface area (Å²) in [5, 5.41) is 8.29. The zero-order chi connectivity index (χ0) is 16.5. The van der Waals surface area contributed by atoms with E-state index in [1.54, 1.807) is 0 Å². The van der Waals surface area contributed by atoms with Crippen LogP contribution in [0.3, 0.4) is 0 Å². The normalized spacial score (nSPS) is 11.9. The van der Waals surface area contributed by atoms with Gasteiger partial charge in [0.15, 0.2) is 0 Å². The molecule has 1 unspecified atom stereocenters. The highest BCUT2D eigenvalue weighted by molar-refractivity contribution is 5.94. The average molecular weight is 309 g/mol. The summed E-state index contributed by atoms with van der Waals surface area (Å²) < 4.78 is 12.7. The van der Waals surface area contributed by atoms with Gasteiger partial charge in [-0.3, -0.25) is 4.79 Å². The first kappa shape index (κ1) is 17.9. The molecule has 0 aromatic heterocycles. The van der Waals surface area contributed by atoms with E-state index in [4.69, 9.17) is 0 Å². The Morgan fingerprint density at radius 2 is 1.64 bits per heavy atom. The number of halogens is 1. The molecule has 1 aromatic carbocycles. The molecule has 1 aromatic rings. The van der Waals surface area contributed by atoms with Crippen molar-refractivity contribution >= 4 is 11.9 Å². The summed E-state index contributed by atoms with van der Waals surface area (Å²) in [6.45, 7) is 6.94. The predicted octanol–water partition coefficient (Wildman–Crippen LogP) is 2.29. The topological polar surface area (TPSA) is 70.2 Å². The van der Waals surface area contributed by atoms with E-state index in [0.29, 0.717) is 31.0 Å². The van der Waals surface area contributed by atoms with Crippen LogP contribution in [0.1, 0.15) is 37.6 Å². The second-order valence-corrected chi connectivity index (χ2v) is 5.55. The SMILES string of the molecule is CC(C)C(C)NC(=O)NCCCNC(=O)c1ccc(F)cc1. The number of amides is 3. The van der Waals surface area contributed by atoms with E-state index >= 15 is 0 Å². The summed E-state index contributed by atoms with van der Waals surface area (Å²) in [7, 11) is 0. The predicted molar refractivity (Wildman–Crippen MR) is 84.2 cm³/mol. The number of hydrogen-bond donors (Lipinski definition) is 3. The molecule has 3 amide bonds. The lowest BCUT2D eigenvalue weighted by atomic mass is 10.1. The molecule has 0 radical (unpaired) electrons. The molecule has 0 saturated carbocycles. The molecule has 6 heteroatoms. The van der Waals surface area contributed by atoms with E-state index in [0.717, 1.165) is 0 Å². The minimum atomic E-state index is -0.373. The summed E-state index contributed by atoms with van der Waals surface area (Å²) in [6.07, 6.45) is 0.621. The third kappa shape index (κ3) is 6.56. The summed E-state index contributed by atoms with van der Waals surface area (Å²) in [4.78, 5) is 23.3. The fourth-order valence-electron chi connectivity index (χ4n) is 1.62. The summed E-state index contributed by atoms with van der Waals surface area (Å²) in [5.74, 6) is -0.249. The van der Waals surface area contributed by atoms with Gasteiger partial charge in [0, 0.05) is 24.7 Å². The maximum atomic E-state index is 12.7. The molecule has 22 heavy (non-hydrogen) atoms. The number of hydrogen-bond acceptors (Lipinski definition) is 2. The second-order valence-electron chi connectivity index (χ2n) is 5.55. The largest absolute Gasteiger partial charge is 0.352 e. The van der Waals surface area contributed by atoms with Crippen molar-refractivity contribution in [3.63, 3.8) is 0 Å². The number of carbonyl (C=O) groups is 2. The smallest absolute Gasteiger partial charge is 0.315 e. The van der Waals surface area contributed by atoms with E-state index in [1.807, 2.05) is 20.8 Å². The van der Waals surface area contributed by atoms with E-state index < -0.39 is 0 Å². The number of nitrogens with one attached hydrogen (secondary N) is 3. The van der Waals surface area contributed by atoms with Crippen molar-refractivity contribution in [3.05, 3.63) is 35.6 Å². The van der Waals surface area contributed by atoms with Gasteiger partial charge in [-0.2, -0.15) is 0 Å². The van der Waals surface area contributed by atoms with Crippen molar-refractivity contribution in [1.82, 2.24) is 16.0 Å². The van der Waals surface area contributed by atoms with Crippen LogP contribution in [-0.2, 0) is 0 Å². The third-order valence-electron chi connectivity index (χ3n) is 3.39. The van der Waals surface area contributed by atoms with Gasteiger partial charge in [-0.15, -0.1) is 0 Å². The van der Waals surface area contributed by atoms with Crippen LogP contribution in [0.5, 0.6) is 0 Å². The van der Waals surface area contributed by atoms with Gasteiger partial charge < -0.3 is 16.0 Å². The molecule has 0 spiro atoms. The summed E-state index contributed by atoms with van der Waals surface area (Å²) in [6, 6.07) is 5.27. The molecular weight excluding hydrogens is 285 g/mol. The molecule has 3 N–H and O–H groups in total. The van der Waals surface area contributed by atoms with Crippen LogP contribution in [0.2, 0.25) is 0 Å². The van der Waals surface area contributed by atoms with Crippen LogP contribution in [0, 0.1) is 11.7 Å². The van der Waals surface area contributed by atoms with Crippen molar-refractivity contribution in [3.8, 4) is 0 Å². The highest BCUT2D eigenvalue weighted by Crippen LogP contribution is 2.02. The molecule has 0 fully saturated rings. The molecule has 122 valence electrons. The summed E-state index contributed by atoms with van der Waals surface area (Å²) in [5.41, 5.74) is 0.415. The molecule has 0 aliphatic heterocycles. The highest BCUT2D eigenvalue weighted by Gasteiger charge is 2.09. The van der Waals surface area contributed by atoms with Crippen molar-refractivity contribution in [2.24, 2.45) is 5.92 Å².